The van der Waals surface area contributed by atoms with E-state index in [4.69, 9.17) is 23.2 Å². The van der Waals surface area contributed by atoms with E-state index in [-0.39, 0.29) is 10.2 Å². The molecule has 0 amide bonds. The van der Waals surface area contributed by atoms with Crippen LogP contribution in [0.15, 0.2) is 30.3 Å². The first-order valence-electron chi connectivity index (χ1n) is 7.59. The number of ether oxygens (including phenoxy) is 1. The minimum Gasteiger partial charge on any atom is -0.468 e. The minimum atomic E-state index is -1.51. The zero-order valence-electron chi connectivity index (χ0n) is 14.4. The second-order valence-electron chi connectivity index (χ2n) is 5.15. The molecule has 3 nitrogen and oxygen atoms in total. The van der Waals surface area contributed by atoms with Gasteiger partial charge in [0.25, 0.3) is 0 Å². The summed E-state index contributed by atoms with van der Waals surface area (Å²) in [5.74, 6) is -1.30. The Morgan fingerprint density at radius 2 is 1.88 bits per heavy atom. The van der Waals surface area contributed by atoms with Crippen molar-refractivity contribution in [2.45, 2.75) is 26.2 Å². The Hall–Kier alpha value is -1.72. The lowest BCUT2D eigenvalue weighted by atomic mass is 9.83. The predicted molar refractivity (Wildman–Crippen MR) is 96.3 cm³/mol. The van der Waals surface area contributed by atoms with Crippen LogP contribution in [0.2, 0.25) is 10.2 Å². The number of halogens is 4. The van der Waals surface area contributed by atoms with Crippen molar-refractivity contribution in [2.24, 2.45) is 0 Å². The molecule has 1 heterocycles. The van der Waals surface area contributed by atoms with E-state index in [1.54, 1.807) is 0 Å². The van der Waals surface area contributed by atoms with Crippen molar-refractivity contribution < 1.29 is 18.3 Å². The normalized spacial score (nSPS) is 12.6. The molecular formula is C18H19Cl2F2NO2. The molecule has 7 heteroatoms. The molecule has 1 aromatic carbocycles. The summed E-state index contributed by atoms with van der Waals surface area (Å²) in [7, 11) is 1.18. The van der Waals surface area contributed by atoms with E-state index in [1.807, 2.05) is 13.8 Å². The quantitative estimate of drug-likeness (QED) is 0.502. The largest absolute Gasteiger partial charge is 0.468 e. The van der Waals surface area contributed by atoms with Gasteiger partial charge in [-0.05, 0) is 42.8 Å². The van der Waals surface area contributed by atoms with Crippen LogP contribution in [0.3, 0.4) is 0 Å². The molecule has 0 aliphatic heterocycles. The Kier molecular flexibility index (Phi) is 7.77. The Balaban J connectivity index is 0.00000151. The Morgan fingerprint density at radius 1 is 1.24 bits per heavy atom. The van der Waals surface area contributed by atoms with E-state index in [0.717, 1.165) is 0 Å². The topological polar surface area (TPSA) is 39.2 Å². The minimum absolute atomic E-state index is 0.0709. The summed E-state index contributed by atoms with van der Waals surface area (Å²) in [6.07, 6.45) is 0. The first kappa shape index (κ1) is 21.3. The summed E-state index contributed by atoms with van der Waals surface area (Å²) < 4.78 is 31.5. The number of rotatable bonds is 4. The van der Waals surface area contributed by atoms with Crippen LogP contribution in [0, 0.1) is 5.82 Å². The maximum absolute atomic E-state index is 13.5. The summed E-state index contributed by atoms with van der Waals surface area (Å²) in [6, 6.07) is 6.94. The van der Waals surface area contributed by atoms with Crippen molar-refractivity contribution in [2.75, 3.05) is 13.8 Å². The van der Waals surface area contributed by atoms with Crippen molar-refractivity contribution >= 4 is 29.2 Å². The lowest BCUT2D eigenvalue weighted by Gasteiger charge is -2.24. The van der Waals surface area contributed by atoms with E-state index in [2.05, 4.69) is 9.72 Å². The van der Waals surface area contributed by atoms with Crippen molar-refractivity contribution in [1.82, 2.24) is 4.98 Å². The summed E-state index contributed by atoms with van der Waals surface area (Å²) in [6.45, 7) is 4.44. The lowest BCUT2D eigenvalue weighted by Crippen LogP contribution is -2.36. The van der Waals surface area contributed by atoms with Gasteiger partial charge in [0.2, 0.25) is 0 Å². The average Bonchev–Trinajstić information content (AvgIpc) is 2.63. The number of carbonyl (C=O) groups is 1. The van der Waals surface area contributed by atoms with Gasteiger partial charge in [-0.2, -0.15) is 0 Å². The lowest BCUT2D eigenvalue weighted by molar-refractivity contribution is -0.147. The zero-order valence-corrected chi connectivity index (χ0v) is 15.9. The molecular weight excluding hydrogens is 371 g/mol. The third kappa shape index (κ3) is 4.67. The summed E-state index contributed by atoms with van der Waals surface area (Å²) >= 11 is 11.8. The standard InChI is InChI=1S/C16H13Cl2F2NO2.C2H6/c1-16(8-19,15(22)23-2)10-6-13(21-14(18)7-10)9-3-4-12(20)11(17)5-9;1-2/h3-7H,8H2,1-2H3;1-2H3. The second-order valence-corrected chi connectivity index (χ2v) is 5.94. The predicted octanol–water partition coefficient (Wildman–Crippen LogP) is 5.62. The fourth-order valence-corrected chi connectivity index (χ4v) is 2.48. The number of hydrogen-bond donors (Lipinski definition) is 0. The number of carbonyl (C=O) groups excluding carboxylic acids is 1. The van der Waals surface area contributed by atoms with Gasteiger partial charge < -0.3 is 4.74 Å². The van der Waals surface area contributed by atoms with Crippen molar-refractivity contribution in [3.63, 3.8) is 0 Å². The SMILES string of the molecule is CC.COC(=O)C(C)(CF)c1cc(Cl)nc(-c2ccc(F)c(Cl)c2)c1. The fraction of sp³-hybridized carbons (Fsp3) is 0.333. The van der Waals surface area contributed by atoms with E-state index >= 15 is 0 Å². The van der Waals surface area contributed by atoms with Crippen LogP contribution in [0.4, 0.5) is 8.78 Å². The van der Waals surface area contributed by atoms with Crippen LogP contribution in [0.1, 0.15) is 26.3 Å². The molecule has 0 spiro atoms. The van der Waals surface area contributed by atoms with Crippen LogP contribution in [0.5, 0.6) is 0 Å². The molecule has 25 heavy (non-hydrogen) atoms. The molecule has 0 bridgehead atoms. The van der Waals surface area contributed by atoms with E-state index in [0.29, 0.717) is 16.8 Å². The van der Waals surface area contributed by atoms with E-state index in [9.17, 15) is 13.6 Å². The number of alkyl halides is 1. The highest BCUT2D eigenvalue weighted by Crippen LogP contribution is 2.32. The summed E-state index contributed by atoms with van der Waals surface area (Å²) in [5.41, 5.74) is -0.369. The molecule has 0 radical (unpaired) electrons. The first-order chi connectivity index (χ1) is 11.8. The van der Waals surface area contributed by atoms with Gasteiger partial charge in [-0.25, -0.2) is 13.8 Å². The van der Waals surface area contributed by atoms with Crippen LogP contribution >= 0.6 is 23.2 Å². The van der Waals surface area contributed by atoms with Gasteiger partial charge >= 0.3 is 5.97 Å². The second kappa shape index (κ2) is 9.11. The molecule has 0 saturated carbocycles. The number of esters is 1. The number of methoxy groups -OCH3 is 1. The molecule has 1 atom stereocenters. The molecule has 2 rings (SSSR count). The van der Waals surface area contributed by atoms with Gasteiger partial charge in [0.05, 0.1) is 17.8 Å². The highest BCUT2D eigenvalue weighted by Gasteiger charge is 2.37. The van der Waals surface area contributed by atoms with Gasteiger partial charge in [0.1, 0.15) is 23.1 Å². The molecule has 2 aromatic rings. The third-order valence-corrected chi connectivity index (χ3v) is 4.03. The van der Waals surface area contributed by atoms with Crippen molar-refractivity contribution in [3.05, 3.63) is 51.9 Å². The summed E-state index contributed by atoms with van der Waals surface area (Å²) in [4.78, 5) is 16.0. The third-order valence-electron chi connectivity index (χ3n) is 3.55. The van der Waals surface area contributed by atoms with E-state index in [1.165, 1.54) is 44.4 Å². The number of hydrogen-bond acceptors (Lipinski definition) is 3. The number of pyridine rings is 1. The molecule has 0 N–H and O–H groups in total. The van der Waals surface area contributed by atoms with Crippen LogP contribution in [0.25, 0.3) is 11.3 Å². The van der Waals surface area contributed by atoms with Gasteiger partial charge in [-0.3, -0.25) is 4.79 Å². The molecule has 0 aliphatic carbocycles. The highest BCUT2D eigenvalue weighted by molar-refractivity contribution is 6.31. The number of aromatic nitrogens is 1. The molecule has 1 unspecified atom stereocenters. The molecule has 136 valence electrons. The fourth-order valence-electron chi connectivity index (χ4n) is 2.09. The Morgan fingerprint density at radius 3 is 2.40 bits per heavy atom. The number of benzene rings is 1. The van der Waals surface area contributed by atoms with Crippen LogP contribution in [-0.4, -0.2) is 24.7 Å². The van der Waals surface area contributed by atoms with Gasteiger partial charge in [0.15, 0.2) is 0 Å². The molecule has 1 aromatic heterocycles. The smallest absolute Gasteiger partial charge is 0.318 e. The Labute approximate surface area is 155 Å². The summed E-state index contributed by atoms with van der Waals surface area (Å²) in [5, 5.41) is -0.00595. The zero-order chi connectivity index (χ0) is 19.2. The van der Waals surface area contributed by atoms with Gasteiger partial charge in [-0.15, -0.1) is 0 Å². The maximum atomic E-state index is 13.5. The van der Waals surface area contributed by atoms with Gasteiger partial charge in [0, 0.05) is 5.56 Å². The molecule has 0 fully saturated rings. The molecule has 0 saturated heterocycles. The van der Waals surface area contributed by atoms with Crippen molar-refractivity contribution in [3.8, 4) is 11.3 Å². The maximum Gasteiger partial charge on any atom is 0.318 e. The van der Waals surface area contributed by atoms with E-state index < -0.39 is 23.9 Å². The molecule has 0 aliphatic rings. The van der Waals surface area contributed by atoms with Crippen LogP contribution in [-0.2, 0) is 14.9 Å². The van der Waals surface area contributed by atoms with Crippen molar-refractivity contribution in [1.29, 1.82) is 0 Å². The Bertz CT molecular complexity index is 756. The monoisotopic (exact) mass is 389 g/mol. The number of nitrogens with zero attached hydrogens (tertiary/aromatic N) is 1. The highest BCUT2D eigenvalue weighted by atomic mass is 35.5. The van der Waals surface area contributed by atoms with Gasteiger partial charge in [-0.1, -0.05) is 37.0 Å². The van der Waals surface area contributed by atoms with Crippen LogP contribution < -0.4 is 0 Å². The average molecular weight is 390 g/mol. The first-order valence-corrected chi connectivity index (χ1v) is 8.35.